The first-order valence-corrected chi connectivity index (χ1v) is 10.2. The van der Waals surface area contributed by atoms with Crippen LogP contribution in [0.5, 0.6) is 0 Å². The van der Waals surface area contributed by atoms with Crippen molar-refractivity contribution in [3.05, 3.63) is 71.3 Å². The Kier molecular flexibility index (Phi) is 6.88. The van der Waals surface area contributed by atoms with Crippen LogP contribution in [0.25, 0.3) is 0 Å². The Balaban J connectivity index is 1.78. The molecule has 0 aromatic heterocycles. The van der Waals surface area contributed by atoms with Gasteiger partial charge in [-0.15, -0.1) is 0 Å². The average molecular weight is 349 g/mol. The third kappa shape index (κ3) is 4.75. The van der Waals surface area contributed by atoms with Crippen molar-refractivity contribution in [1.29, 1.82) is 0 Å². The zero-order valence-electron chi connectivity index (χ0n) is 16.3. The van der Waals surface area contributed by atoms with Gasteiger partial charge in [0.25, 0.3) is 0 Å². The number of benzene rings is 2. The molecule has 0 amide bonds. The summed E-state index contributed by atoms with van der Waals surface area (Å²) in [7, 11) is 2.19. The summed E-state index contributed by atoms with van der Waals surface area (Å²) in [5.41, 5.74) is 4.03. The molecule has 138 valence electrons. The van der Waals surface area contributed by atoms with Crippen LogP contribution in [-0.4, -0.2) is 17.8 Å². The summed E-state index contributed by atoms with van der Waals surface area (Å²) in [6.07, 6.45) is 9.04. The first-order valence-electron chi connectivity index (χ1n) is 10.2. The number of amidine groups is 1. The van der Waals surface area contributed by atoms with Gasteiger partial charge in [0.2, 0.25) is 0 Å². The highest BCUT2D eigenvalue weighted by Crippen LogP contribution is 2.32. The highest BCUT2D eigenvalue weighted by molar-refractivity contribution is 5.83. The Morgan fingerprint density at radius 1 is 0.885 bits per heavy atom. The van der Waals surface area contributed by atoms with Gasteiger partial charge in [-0.2, -0.15) is 0 Å². The molecule has 0 saturated heterocycles. The van der Waals surface area contributed by atoms with Crippen molar-refractivity contribution in [3.63, 3.8) is 0 Å². The van der Waals surface area contributed by atoms with E-state index in [9.17, 15) is 0 Å². The lowest BCUT2D eigenvalue weighted by Crippen LogP contribution is -2.25. The van der Waals surface area contributed by atoms with Gasteiger partial charge in [0.05, 0.1) is 0 Å². The summed E-state index contributed by atoms with van der Waals surface area (Å²) in [6, 6.07) is 19.6. The molecular formula is C24H32N2. The monoisotopic (exact) mass is 348 g/mol. The summed E-state index contributed by atoms with van der Waals surface area (Å²) < 4.78 is 0. The lowest BCUT2D eigenvalue weighted by atomic mass is 9.95. The summed E-state index contributed by atoms with van der Waals surface area (Å²) in [5, 5.41) is 0. The third-order valence-corrected chi connectivity index (χ3v) is 5.35. The molecule has 0 saturated carbocycles. The number of nitrogens with zero attached hydrogens (tertiary/aromatic N) is 2. The van der Waals surface area contributed by atoms with Gasteiger partial charge in [-0.3, -0.25) is 4.99 Å². The van der Waals surface area contributed by atoms with E-state index in [-0.39, 0.29) is 6.04 Å². The summed E-state index contributed by atoms with van der Waals surface area (Å²) in [6.45, 7) is 3.23. The van der Waals surface area contributed by atoms with E-state index in [2.05, 4.69) is 73.5 Å². The van der Waals surface area contributed by atoms with E-state index in [1.165, 1.54) is 61.1 Å². The highest BCUT2D eigenvalue weighted by atomic mass is 15.2. The molecular weight excluding hydrogens is 316 g/mol. The summed E-state index contributed by atoms with van der Waals surface area (Å²) in [4.78, 5) is 7.60. The molecule has 0 unspecified atom stereocenters. The predicted molar refractivity (Wildman–Crippen MR) is 112 cm³/mol. The van der Waals surface area contributed by atoms with E-state index in [4.69, 9.17) is 4.99 Å². The van der Waals surface area contributed by atoms with Crippen LogP contribution in [0.1, 0.15) is 74.6 Å². The lowest BCUT2D eigenvalue weighted by Gasteiger charge is -2.20. The first-order chi connectivity index (χ1) is 12.8. The predicted octanol–water partition coefficient (Wildman–Crippen LogP) is 6.37. The van der Waals surface area contributed by atoms with E-state index in [1.807, 2.05) is 0 Å². The van der Waals surface area contributed by atoms with Gasteiger partial charge < -0.3 is 4.90 Å². The normalized spacial score (nSPS) is 16.8. The number of fused-ring (bicyclic) bond motifs is 1. The molecule has 1 heterocycles. The van der Waals surface area contributed by atoms with E-state index >= 15 is 0 Å². The molecule has 1 atom stereocenters. The fourth-order valence-electron chi connectivity index (χ4n) is 3.82. The Bertz CT molecular complexity index is 705. The van der Waals surface area contributed by atoms with Gasteiger partial charge in [0.15, 0.2) is 0 Å². The van der Waals surface area contributed by atoms with Gasteiger partial charge in [-0.1, -0.05) is 93.6 Å². The topological polar surface area (TPSA) is 15.6 Å². The molecule has 2 nitrogen and oxygen atoms in total. The number of hydrogen-bond donors (Lipinski definition) is 0. The summed E-state index contributed by atoms with van der Waals surface area (Å²) >= 11 is 0. The second kappa shape index (κ2) is 9.56. The lowest BCUT2D eigenvalue weighted by molar-refractivity contribution is 0.484. The van der Waals surface area contributed by atoms with Crippen molar-refractivity contribution in [2.45, 2.75) is 64.5 Å². The van der Waals surface area contributed by atoms with Gasteiger partial charge in [-0.05, 0) is 23.1 Å². The van der Waals surface area contributed by atoms with Crippen molar-refractivity contribution >= 4 is 5.84 Å². The maximum Gasteiger partial charge on any atom is 0.102 e. The zero-order chi connectivity index (χ0) is 18.2. The van der Waals surface area contributed by atoms with Gasteiger partial charge in [-0.25, -0.2) is 0 Å². The minimum atomic E-state index is 0.118. The average Bonchev–Trinajstić information content (AvgIpc) is 2.81. The van der Waals surface area contributed by atoms with Gasteiger partial charge in [0, 0.05) is 20.0 Å². The molecule has 2 aromatic rings. The van der Waals surface area contributed by atoms with E-state index < -0.39 is 0 Å². The number of aliphatic imine (C=N–C) groups is 1. The quantitative estimate of drug-likeness (QED) is 0.506. The molecule has 26 heavy (non-hydrogen) atoms. The van der Waals surface area contributed by atoms with Crippen LogP contribution in [0.15, 0.2) is 59.6 Å². The molecule has 2 aromatic carbocycles. The first kappa shape index (κ1) is 18.7. The van der Waals surface area contributed by atoms with Gasteiger partial charge >= 0.3 is 0 Å². The van der Waals surface area contributed by atoms with Crippen molar-refractivity contribution < 1.29 is 0 Å². The minimum absolute atomic E-state index is 0.118. The standard InChI is InChI=1S/C24H32N2/c1-3-4-5-6-7-11-18-23-25-24(20-14-9-8-10-15-20)22-17-13-12-16-21(22)19-26(23)2/h8-10,12-17,24H,3-7,11,18-19H2,1-2H3/t24-/m0/s1. The molecule has 1 aliphatic rings. The Labute approximate surface area is 159 Å². The smallest absolute Gasteiger partial charge is 0.102 e. The molecule has 0 aliphatic carbocycles. The largest absolute Gasteiger partial charge is 0.359 e. The van der Waals surface area contributed by atoms with E-state index in [0.717, 1.165) is 13.0 Å². The maximum atomic E-state index is 5.24. The third-order valence-electron chi connectivity index (χ3n) is 5.35. The molecule has 0 bridgehead atoms. The fourth-order valence-corrected chi connectivity index (χ4v) is 3.82. The van der Waals surface area contributed by atoms with Crippen molar-refractivity contribution in [2.24, 2.45) is 4.99 Å². The van der Waals surface area contributed by atoms with E-state index in [0.29, 0.717) is 0 Å². The van der Waals surface area contributed by atoms with Crippen LogP contribution in [0, 0.1) is 0 Å². The van der Waals surface area contributed by atoms with Crippen molar-refractivity contribution in [1.82, 2.24) is 4.90 Å². The van der Waals surface area contributed by atoms with E-state index in [1.54, 1.807) is 0 Å². The van der Waals surface area contributed by atoms with Crippen molar-refractivity contribution in [3.8, 4) is 0 Å². The second-order valence-corrected chi connectivity index (χ2v) is 7.43. The summed E-state index contributed by atoms with van der Waals surface area (Å²) in [5.74, 6) is 1.26. The molecule has 0 spiro atoms. The Morgan fingerprint density at radius 2 is 1.58 bits per heavy atom. The SMILES string of the molecule is CCCCCCCCC1=N[C@@H](c2ccccc2)c2ccccc2CN1C. The second-order valence-electron chi connectivity index (χ2n) is 7.43. The van der Waals surface area contributed by atoms with Crippen LogP contribution >= 0.6 is 0 Å². The Hall–Kier alpha value is -2.09. The van der Waals surface area contributed by atoms with Crippen LogP contribution in [0.3, 0.4) is 0 Å². The highest BCUT2D eigenvalue weighted by Gasteiger charge is 2.22. The molecule has 0 radical (unpaired) electrons. The maximum absolute atomic E-state index is 5.24. The number of hydrogen-bond acceptors (Lipinski definition) is 2. The zero-order valence-corrected chi connectivity index (χ0v) is 16.3. The van der Waals surface area contributed by atoms with Crippen LogP contribution in [0.2, 0.25) is 0 Å². The van der Waals surface area contributed by atoms with Crippen molar-refractivity contribution in [2.75, 3.05) is 7.05 Å². The molecule has 0 N–H and O–H groups in total. The minimum Gasteiger partial charge on any atom is -0.359 e. The Morgan fingerprint density at radius 3 is 2.38 bits per heavy atom. The van der Waals surface area contributed by atoms with Gasteiger partial charge in [0.1, 0.15) is 11.9 Å². The fraction of sp³-hybridized carbons (Fsp3) is 0.458. The van der Waals surface area contributed by atoms with Crippen LogP contribution in [-0.2, 0) is 6.54 Å². The number of unbranched alkanes of at least 4 members (excludes halogenated alkanes) is 5. The van der Waals surface area contributed by atoms with Crippen LogP contribution < -0.4 is 0 Å². The molecule has 0 fully saturated rings. The van der Waals surface area contributed by atoms with Crippen LogP contribution in [0.4, 0.5) is 0 Å². The molecule has 3 rings (SSSR count). The number of rotatable bonds is 8. The molecule has 2 heteroatoms. The molecule has 1 aliphatic heterocycles.